The molecule has 0 aromatic carbocycles. The minimum absolute atomic E-state index is 0.285. The van der Waals surface area contributed by atoms with E-state index >= 15 is 0 Å². The molecule has 16 heavy (non-hydrogen) atoms. The Hall–Kier alpha value is -1.84. The van der Waals surface area contributed by atoms with Gasteiger partial charge in [-0.1, -0.05) is 12.2 Å². The number of carbonyl (C=O) groups is 1. The molecule has 1 aromatic rings. The second-order valence-corrected chi connectivity index (χ2v) is 4.16. The summed E-state index contributed by atoms with van der Waals surface area (Å²) in [5.41, 5.74) is 3.62. The average Bonchev–Trinajstić information content (AvgIpc) is 2.88. The number of hydrogen-bond acceptors (Lipinski definition) is 3. The summed E-state index contributed by atoms with van der Waals surface area (Å²) in [5.74, 6) is 1.19. The van der Waals surface area contributed by atoms with Gasteiger partial charge < -0.3 is 4.42 Å². The smallest absolute Gasteiger partial charge is 0.307 e. The maximum atomic E-state index is 11.5. The highest BCUT2D eigenvalue weighted by molar-refractivity contribution is 5.96. The van der Waals surface area contributed by atoms with Gasteiger partial charge in [-0.25, -0.2) is 5.43 Å². The molecule has 3 rings (SSSR count). The molecule has 2 atom stereocenters. The number of nitrogens with one attached hydrogen (secondary N) is 1. The molecule has 1 N–H and O–H groups in total. The van der Waals surface area contributed by atoms with E-state index in [0.717, 1.165) is 18.6 Å². The SMILES string of the molecule is O=C(N/N=C1\C[C@H]2C=CC[C@@H]12)c1ccco1. The summed E-state index contributed by atoms with van der Waals surface area (Å²) in [6.07, 6.45) is 7.92. The van der Waals surface area contributed by atoms with Crippen molar-refractivity contribution in [3.05, 3.63) is 36.3 Å². The van der Waals surface area contributed by atoms with E-state index in [2.05, 4.69) is 22.7 Å². The lowest BCUT2D eigenvalue weighted by atomic mass is 9.74. The molecule has 4 nitrogen and oxygen atoms in total. The summed E-state index contributed by atoms with van der Waals surface area (Å²) in [7, 11) is 0. The van der Waals surface area contributed by atoms with Gasteiger partial charge >= 0.3 is 5.91 Å². The molecule has 1 fully saturated rings. The fourth-order valence-electron chi connectivity index (χ4n) is 2.25. The zero-order valence-electron chi connectivity index (χ0n) is 8.72. The molecular formula is C12H12N2O2. The number of allylic oxidation sites excluding steroid dienone is 2. The van der Waals surface area contributed by atoms with Crippen LogP contribution in [0, 0.1) is 11.8 Å². The summed E-state index contributed by atoms with van der Waals surface area (Å²) in [5, 5.41) is 4.15. The number of carbonyl (C=O) groups excluding carboxylic acids is 1. The van der Waals surface area contributed by atoms with E-state index in [9.17, 15) is 4.79 Å². The van der Waals surface area contributed by atoms with Gasteiger partial charge in [0.1, 0.15) is 0 Å². The van der Waals surface area contributed by atoms with Crippen LogP contribution in [0.1, 0.15) is 23.4 Å². The number of amides is 1. The zero-order chi connectivity index (χ0) is 11.0. The van der Waals surface area contributed by atoms with Crippen LogP contribution < -0.4 is 5.43 Å². The van der Waals surface area contributed by atoms with Crippen LogP contribution in [-0.2, 0) is 0 Å². The number of nitrogens with zero attached hydrogens (tertiary/aromatic N) is 1. The van der Waals surface area contributed by atoms with Crippen molar-refractivity contribution in [1.82, 2.24) is 5.43 Å². The molecule has 1 aromatic heterocycles. The van der Waals surface area contributed by atoms with E-state index in [1.807, 2.05) is 0 Å². The zero-order valence-corrected chi connectivity index (χ0v) is 8.72. The largest absolute Gasteiger partial charge is 0.459 e. The minimum Gasteiger partial charge on any atom is -0.459 e. The molecule has 0 bridgehead atoms. The normalized spacial score (nSPS) is 28.9. The minimum atomic E-state index is -0.285. The van der Waals surface area contributed by atoms with Crippen LogP contribution in [0.5, 0.6) is 0 Å². The fourth-order valence-corrected chi connectivity index (χ4v) is 2.25. The van der Waals surface area contributed by atoms with Gasteiger partial charge in [-0.15, -0.1) is 0 Å². The number of hydrazone groups is 1. The van der Waals surface area contributed by atoms with Gasteiger partial charge in [0.05, 0.1) is 6.26 Å². The first-order valence-electron chi connectivity index (χ1n) is 5.41. The first-order valence-corrected chi connectivity index (χ1v) is 5.41. The third-order valence-corrected chi connectivity index (χ3v) is 3.21. The van der Waals surface area contributed by atoms with Crippen LogP contribution in [0.25, 0.3) is 0 Å². The molecule has 82 valence electrons. The Bertz CT molecular complexity index is 459. The molecule has 4 heteroatoms. The van der Waals surface area contributed by atoms with Gasteiger partial charge in [0, 0.05) is 11.6 Å². The van der Waals surface area contributed by atoms with Crippen molar-refractivity contribution in [2.75, 3.05) is 0 Å². The first kappa shape index (κ1) is 9.39. The monoisotopic (exact) mass is 216 g/mol. The van der Waals surface area contributed by atoms with Gasteiger partial charge in [-0.05, 0) is 30.9 Å². The number of rotatable bonds is 2. The van der Waals surface area contributed by atoms with Crippen LogP contribution in [0.2, 0.25) is 0 Å². The Balaban J connectivity index is 1.61. The van der Waals surface area contributed by atoms with Crippen molar-refractivity contribution in [1.29, 1.82) is 0 Å². The standard InChI is InChI=1S/C12H12N2O2/c15-12(11-5-2-6-16-11)14-13-10-7-8-3-1-4-9(8)10/h1-3,5-6,8-9H,4,7H2,(H,14,15)/b13-10+/t8-,9-/m1/s1. The molecular weight excluding hydrogens is 204 g/mol. The molecule has 2 aliphatic carbocycles. The molecule has 0 unspecified atom stereocenters. The molecule has 1 heterocycles. The van der Waals surface area contributed by atoms with E-state index in [0.29, 0.717) is 17.6 Å². The van der Waals surface area contributed by atoms with Crippen LogP contribution in [0.3, 0.4) is 0 Å². The van der Waals surface area contributed by atoms with Crippen LogP contribution >= 0.6 is 0 Å². The molecule has 0 saturated heterocycles. The lowest BCUT2D eigenvalue weighted by Crippen LogP contribution is -2.35. The Labute approximate surface area is 93.0 Å². The van der Waals surface area contributed by atoms with Gasteiger partial charge in [-0.2, -0.15) is 5.10 Å². The molecule has 1 amide bonds. The predicted molar refractivity (Wildman–Crippen MR) is 59.0 cm³/mol. The van der Waals surface area contributed by atoms with E-state index in [1.54, 1.807) is 12.1 Å². The molecule has 2 aliphatic rings. The van der Waals surface area contributed by atoms with E-state index in [-0.39, 0.29) is 5.91 Å². The second-order valence-electron chi connectivity index (χ2n) is 4.16. The lowest BCUT2D eigenvalue weighted by Gasteiger charge is -2.31. The van der Waals surface area contributed by atoms with Crippen molar-refractivity contribution in [2.45, 2.75) is 12.8 Å². The molecule has 0 radical (unpaired) electrons. The Kier molecular flexibility index (Phi) is 2.13. The van der Waals surface area contributed by atoms with Gasteiger partial charge in [0.25, 0.3) is 0 Å². The van der Waals surface area contributed by atoms with Gasteiger partial charge in [0.15, 0.2) is 5.76 Å². The highest BCUT2D eigenvalue weighted by atomic mass is 16.3. The Morgan fingerprint density at radius 2 is 2.50 bits per heavy atom. The van der Waals surface area contributed by atoms with E-state index in [4.69, 9.17) is 4.42 Å². The lowest BCUT2D eigenvalue weighted by molar-refractivity contribution is 0.0926. The third-order valence-electron chi connectivity index (χ3n) is 3.21. The predicted octanol–water partition coefficient (Wildman–Crippen LogP) is 1.96. The molecule has 0 aliphatic heterocycles. The fraction of sp³-hybridized carbons (Fsp3) is 0.333. The molecule has 0 spiro atoms. The summed E-state index contributed by atoms with van der Waals surface area (Å²) in [4.78, 5) is 11.5. The Morgan fingerprint density at radius 1 is 1.56 bits per heavy atom. The van der Waals surface area contributed by atoms with Crippen LogP contribution in [0.15, 0.2) is 40.1 Å². The highest BCUT2D eigenvalue weighted by Crippen LogP contribution is 2.39. The topological polar surface area (TPSA) is 54.6 Å². The van der Waals surface area contributed by atoms with Crippen molar-refractivity contribution in [2.24, 2.45) is 16.9 Å². The summed E-state index contributed by atoms with van der Waals surface area (Å²) < 4.78 is 4.97. The van der Waals surface area contributed by atoms with E-state index < -0.39 is 0 Å². The summed E-state index contributed by atoms with van der Waals surface area (Å²) >= 11 is 0. The number of furan rings is 1. The van der Waals surface area contributed by atoms with Crippen LogP contribution in [0.4, 0.5) is 0 Å². The summed E-state index contributed by atoms with van der Waals surface area (Å²) in [6, 6.07) is 3.30. The maximum absolute atomic E-state index is 11.5. The van der Waals surface area contributed by atoms with Gasteiger partial charge in [0.2, 0.25) is 0 Å². The Morgan fingerprint density at radius 3 is 3.25 bits per heavy atom. The maximum Gasteiger partial charge on any atom is 0.307 e. The highest BCUT2D eigenvalue weighted by Gasteiger charge is 2.38. The number of fused-ring (bicyclic) bond motifs is 1. The third kappa shape index (κ3) is 1.46. The first-order chi connectivity index (χ1) is 7.84. The van der Waals surface area contributed by atoms with Crippen molar-refractivity contribution in [3.63, 3.8) is 0 Å². The van der Waals surface area contributed by atoms with Crippen molar-refractivity contribution >= 4 is 11.6 Å². The number of hydrogen-bond donors (Lipinski definition) is 1. The van der Waals surface area contributed by atoms with E-state index in [1.165, 1.54) is 6.26 Å². The average molecular weight is 216 g/mol. The van der Waals surface area contributed by atoms with Crippen molar-refractivity contribution in [3.8, 4) is 0 Å². The summed E-state index contributed by atoms with van der Waals surface area (Å²) in [6.45, 7) is 0. The second kappa shape index (κ2) is 3.63. The van der Waals surface area contributed by atoms with Gasteiger partial charge in [-0.3, -0.25) is 4.79 Å². The quantitative estimate of drug-likeness (QED) is 0.607. The molecule has 1 saturated carbocycles. The van der Waals surface area contributed by atoms with Crippen LogP contribution in [-0.4, -0.2) is 11.6 Å². The van der Waals surface area contributed by atoms with Crippen molar-refractivity contribution < 1.29 is 9.21 Å².